The molecule has 0 spiro atoms. The molecule has 3 fully saturated rings. The van der Waals surface area contributed by atoms with E-state index in [-0.39, 0.29) is 0 Å². The fourth-order valence-electron chi connectivity index (χ4n) is 5.53. The van der Waals surface area contributed by atoms with Gasteiger partial charge >= 0.3 is 0 Å². The third kappa shape index (κ3) is 4.24. The Morgan fingerprint density at radius 1 is 0.714 bits per heavy atom. The van der Waals surface area contributed by atoms with Gasteiger partial charge in [-0.05, 0) is 56.3 Å². The van der Waals surface area contributed by atoms with E-state index in [0.29, 0.717) is 0 Å². The summed E-state index contributed by atoms with van der Waals surface area (Å²) in [6, 6.07) is 1.71. The van der Waals surface area contributed by atoms with Crippen LogP contribution in [0, 0.1) is 17.8 Å². The average molecular weight is 292 g/mol. The summed E-state index contributed by atoms with van der Waals surface area (Å²) in [6.07, 6.45) is 20.8. The van der Waals surface area contributed by atoms with Crippen LogP contribution in [0.3, 0.4) is 0 Å². The van der Waals surface area contributed by atoms with E-state index in [1.807, 2.05) is 0 Å². The Bertz CT molecular complexity index is 286. The van der Waals surface area contributed by atoms with E-state index in [2.05, 4.69) is 12.2 Å². The smallest absolute Gasteiger partial charge is 0.0101 e. The first-order valence-corrected chi connectivity index (χ1v) is 10.1. The van der Waals surface area contributed by atoms with Crippen LogP contribution in [0.15, 0.2) is 0 Å². The van der Waals surface area contributed by atoms with Gasteiger partial charge in [0.2, 0.25) is 0 Å². The maximum atomic E-state index is 4.15. The maximum absolute atomic E-state index is 4.15. The summed E-state index contributed by atoms with van der Waals surface area (Å²) in [4.78, 5) is 0. The molecule has 0 saturated heterocycles. The highest BCUT2D eigenvalue weighted by Gasteiger charge is 2.34. The molecule has 0 aromatic carbocycles. The maximum Gasteiger partial charge on any atom is 0.0101 e. The molecule has 1 N–H and O–H groups in total. The fraction of sp³-hybridized carbons (Fsp3) is 1.00. The highest BCUT2D eigenvalue weighted by atomic mass is 15.0. The quantitative estimate of drug-likeness (QED) is 0.702. The molecular formula is C20H37N. The monoisotopic (exact) mass is 291 g/mol. The number of hydrogen-bond acceptors (Lipinski definition) is 1. The standard InChI is InChI=1S/C20H37N/c1-2-16-12-14-18(15-13-16)21-20-11-7-6-10-19(20)17-8-4-3-5-9-17/h16-21H,2-15H2,1H3. The van der Waals surface area contributed by atoms with Crippen molar-refractivity contribution in [2.45, 2.75) is 109 Å². The molecule has 0 aromatic rings. The summed E-state index contributed by atoms with van der Waals surface area (Å²) in [5.41, 5.74) is 0. The Labute approximate surface area is 132 Å². The first kappa shape index (κ1) is 15.8. The fourth-order valence-corrected chi connectivity index (χ4v) is 5.53. The molecule has 1 nitrogen and oxygen atoms in total. The van der Waals surface area contributed by atoms with Crippen LogP contribution in [0.1, 0.15) is 96.8 Å². The van der Waals surface area contributed by atoms with Crippen molar-refractivity contribution in [3.8, 4) is 0 Å². The largest absolute Gasteiger partial charge is 0.311 e. The Morgan fingerprint density at radius 2 is 1.38 bits per heavy atom. The van der Waals surface area contributed by atoms with Gasteiger partial charge in [0.15, 0.2) is 0 Å². The summed E-state index contributed by atoms with van der Waals surface area (Å²) in [6.45, 7) is 2.37. The third-order valence-electron chi connectivity index (χ3n) is 6.95. The van der Waals surface area contributed by atoms with Gasteiger partial charge in [-0.1, -0.05) is 58.3 Å². The third-order valence-corrected chi connectivity index (χ3v) is 6.95. The molecule has 0 amide bonds. The molecule has 0 aromatic heterocycles. The second kappa shape index (κ2) is 7.99. The molecule has 0 aliphatic heterocycles. The lowest BCUT2D eigenvalue weighted by molar-refractivity contribution is 0.131. The minimum absolute atomic E-state index is 0.849. The minimum Gasteiger partial charge on any atom is -0.311 e. The van der Waals surface area contributed by atoms with Crippen molar-refractivity contribution in [2.75, 3.05) is 0 Å². The van der Waals surface area contributed by atoms with Gasteiger partial charge in [-0.2, -0.15) is 0 Å². The summed E-state index contributed by atoms with van der Waals surface area (Å²) in [7, 11) is 0. The van der Waals surface area contributed by atoms with Crippen LogP contribution < -0.4 is 5.32 Å². The average Bonchev–Trinajstić information content (AvgIpc) is 2.57. The molecule has 21 heavy (non-hydrogen) atoms. The first-order chi connectivity index (χ1) is 10.4. The van der Waals surface area contributed by atoms with Gasteiger partial charge in [-0.3, -0.25) is 0 Å². The predicted octanol–water partition coefficient (Wildman–Crippen LogP) is 5.68. The number of hydrogen-bond donors (Lipinski definition) is 1. The number of rotatable bonds is 4. The first-order valence-electron chi connectivity index (χ1n) is 10.1. The normalized spacial score (nSPS) is 39.3. The van der Waals surface area contributed by atoms with Gasteiger partial charge in [0, 0.05) is 12.1 Å². The SMILES string of the molecule is CCC1CCC(NC2CCCCC2C2CCCCC2)CC1. The zero-order valence-electron chi connectivity index (χ0n) is 14.3. The van der Waals surface area contributed by atoms with E-state index in [1.165, 1.54) is 89.9 Å². The second-order valence-corrected chi connectivity index (χ2v) is 8.25. The van der Waals surface area contributed by atoms with E-state index >= 15 is 0 Å². The molecule has 0 radical (unpaired) electrons. The summed E-state index contributed by atoms with van der Waals surface area (Å²) in [5, 5.41) is 4.15. The predicted molar refractivity (Wildman–Crippen MR) is 91.5 cm³/mol. The molecule has 0 bridgehead atoms. The van der Waals surface area contributed by atoms with Crippen molar-refractivity contribution in [1.82, 2.24) is 5.32 Å². The van der Waals surface area contributed by atoms with E-state index in [0.717, 1.165) is 29.8 Å². The summed E-state index contributed by atoms with van der Waals surface area (Å²) < 4.78 is 0. The molecule has 2 atom stereocenters. The van der Waals surface area contributed by atoms with Crippen LogP contribution in [-0.4, -0.2) is 12.1 Å². The zero-order valence-corrected chi connectivity index (χ0v) is 14.3. The van der Waals surface area contributed by atoms with E-state index in [9.17, 15) is 0 Å². The van der Waals surface area contributed by atoms with Gasteiger partial charge in [-0.25, -0.2) is 0 Å². The molecular weight excluding hydrogens is 254 g/mol. The highest BCUT2D eigenvalue weighted by molar-refractivity contribution is 4.90. The Balaban J connectivity index is 1.52. The van der Waals surface area contributed by atoms with Crippen molar-refractivity contribution < 1.29 is 0 Å². The molecule has 0 heterocycles. The number of nitrogens with one attached hydrogen (secondary N) is 1. The highest BCUT2D eigenvalue weighted by Crippen LogP contribution is 2.39. The van der Waals surface area contributed by atoms with Crippen LogP contribution in [0.2, 0.25) is 0 Å². The van der Waals surface area contributed by atoms with Crippen molar-refractivity contribution >= 4 is 0 Å². The van der Waals surface area contributed by atoms with E-state index < -0.39 is 0 Å². The van der Waals surface area contributed by atoms with Crippen LogP contribution in [-0.2, 0) is 0 Å². The summed E-state index contributed by atoms with van der Waals surface area (Å²) in [5.74, 6) is 3.11. The lowest BCUT2D eigenvalue weighted by atomic mass is 9.70. The topological polar surface area (TPSA) is 12.0 Å². The summed E-state index contributed by atoms with van der Waals surface area (Å²) >= 11 is 0. The van der Waals surface area contributed by atoms with Crippen LogP contribution in [0.5, 0.6) is 0 Å². The van der Waals surface area contributed by atoms with Gasteiger partial charge in [0.1, 0.15) is 0 Å². The minimum atomic E-state index is 0.849. The Morgan fingerprint density at radius 3 is 2.10 bits per heavy atom. The molecule has 2 unspecified atom stereocenters. The Hall–Kier alpha value is -0.0400. The molecule has 3 aliphatic carbocycles. The van der Waals surface area contributed by atoms with Gasteiger partial charge in [0.05, 0.1) is 0 Å². The van der Waals surface area contributed by atoms with Crippen molar-refractivity contribution in [3.63, 3.8) is 0 Å². The lowest BCUT2D eigenvalue weighted by Gasteiger charge is -2.42. The van der Waals surface area contributed by atoms with Gasteiger partial charge in [-0.15, -0.1) is 0 Å². The van der Waals surface area contributed by atoms with E-state index in [1.54, 1.807) is 0 Å². The zero-order chi connectivity index (χ0) is 14.5. The van der Waals surface area contributed by atoms with Crippen LogP contribution in [0.4, 0.5) is 0 Å². The van der Waals surface area contributed by atoms with E-state index in [4.69, 9.17) is 0 Å². The Kier molecular flexibility index (Phi) is 6.03. The molecule has 3 rings (SSSR count). The molecule has 3 saturated carbocycles. The molecule has 3 aliphatic rings. The van der Waals surface area contributed by atoms with Crippen LogP contribution in [0.25, 0.3) is 0 Å². The molecule has 1 heteroatoms. The van der Waals surface area contributed by atoms with Crippen molar-refractivity contribution in [1.29, 1.82) is 0 Å². The van der Waals surface area contributed by atoms with Gasteiger partial charge in [0.25, 0.3) is 0 Å². The second-order valence-electron chi connectivity index (χ2n) is 8.25. The molecule has 122 valence electrons. The van der Waals surface area contributed by atoms with Crippen LogP contribution >= 0.6 is 0 Å². The van der Waals surface area contributed by atoms with Crippen molar-refractivity contribution in [3.05, 3.63) is 0 Å². The van der Waals surface area contributed by atoms with Crippen molar-refractivity contribution in [2.24, 2.45) is 17.8 Å². The lowest BCUT2D eigenvalue weighted by Crippen LogP contribution is -2.48. The van der Waals surface area contributed by atoms with Gasteiger partial charge < -0.3 is 5.32 Å².